The summed E-state index contributed by atoms with van der Waals surface area (Å²) in [6.45, 7) is 3.88. The Hall–Kier alpha value is -1.45. The van der Waals surface area contributed by atoms with E-state index in [9.17, 15) is 9.18 Å². The summed E-state index contributed by atoms with van der Waals surface area (Å²) in [5, 5.41) is 0. The van der Waals surface area contributed by atoms with E-state index in [4.69, 9.17) is 4.74 Å². The SMILES string of the molecule is CCOC(=O)CCc1ccc(F)nc1C. The molecular weight excluding hydrogens is 197 g/mol. The number of carbonyl (C=O) groups excluding carboxylic acids is 1. The van der Waals surface area contributed by atoms with Gasteiger partial charge in [-0.25, -0.2) is 4.98 Å². The fourth-order valence-corrected chi connectivity index (χ4v) is 1.29. The van der Waals surface area contributed by atoms with E-state index in [0.29, 0.717) is 25.1 Å². The van der Waals surface area contributed by atoms with E-state index in [0.717, 1.165) is 5.56 Å². The first-order valence-corrected chi connectivity index (χ1v) is 4.91. The number of halogens is 1. The fourth-order valence-electron chi connectivity index (χ4n) is 1.29. The Morgan fingerprint density at radius 3 is 2.87 bits per heavy atom. The van der Waals surface area contributed by atoms with Gasteiger partial charge < -0.3 is 4.74 Å². The van der Waals surface area contributed by atoms with E-state index < -0.39 is 5.95 Å². The van der Waals surface area contributed by atoms with Crippen molar-refractivity contribution in [2.24, 2.45) is 0 Å². The van der Waals surface area contributed by atoms with Crippen LogP contribution < -0.4 is 0 Å². The van der Waals surface area contributed by atoms with Gasteiger partial charge in [-0.3, -0.25) is 4.79 Å². The van der Waals surface area contributed by atoms with Gasteiger partial charge in [0.2, 0.25) is 5.95 Å². The summed E-state index contributed by atoms with van der Waals surface area (Å²) in [6, 6.07) is 2.95. The number of rotatable bonds is 4. The summed E-state index contributed by atoms with van der Waals surface area (Å²) in [4.78, 5) is 14.8. The molecule has 1 aromatic heterocycles. The summed E-state index contributed by atoms with van der Waals surface area (Å²) < 4.78 is 17.5. The van der Waals surface area contributed by atoms with Crippen molar-refractivity contribution in [2.45, 2.75) is 26.7 Å². The van der Waals surface area contributed by atoms with Gasteiger partial charge in [-0.1, -0.05) is 6.07 Å². The topological polar surface area (TPSA) is 39.2 Å². The maximum atomic E-state index is 12.7. The number of ether oxygens (including phenoxy) is 1. The van der Waals surface area contributed by atoms with Crippen LogP contribution in [0.2, 0.25) is 0 Å². The predicted molar refractivity (Wildman–Crippen MR) is 53.9 cm³/mol. The number of hydrogen-bond acceptors (Lipinski definition) is 3. The van der Waals surface area contributed by atoms with Crippen LogP contribution in [0, 0.1) is 12.9 Å². The van der Waals surface area contributed by atoms with E-state index >= 15 is 0 Å². The molecule has 15 heavy (non-hydrogen) atoms. The Balaban J connectivity index is 2.54. The third kappa shape index (κ3) is 3.65. The van der Waals surface area contributed by atoms with Gasteiger partial charge >= 0.3 is 5.97 Å². The molecular formula is C11H14FNO2. The maximum absolute atomic E-state index is 12.7. The lowest BCUT2D eigenvalue weighted by Crippen LogP contribution is -2.06. The smallest absolute Gasteiger partial charge is 0.306 e. The zero-order valence-corrected chi connectivity index (χ0v) is 8.92. The summed E-state index contributed by atoms with van der Waals surface area (Å²) >= 11 is 0. The zero-order chi connectivity index (χ0) is 11.3. The molecule has 0 unspecified atom stereocenters. The third-order valence-electron chi connectivity index (χ3n) is 2.07. The van der Waals surface area contributed by atoms with E-state index in [-0.39, 0.29) is 5.97 Å². The zero-order valence-electron chi connectivity index (χ0n) is 8.92. The standard InChI is InChI=1S/C11H14FNO2/c1-3-15-11(14)7-5-9-4-6-10(12)13-8(9)2/h4,6H,3,5,7H2,1-2H3. The van der Waals surface area contributed by atoms with E-state index in [2.05, 4.69) is 4.98 Å². The van der Waals surface area contributed by atoms with Gasteiger partial charge in [-0.05, 0) is 31.9 Å². The number of aryl methyl sites for hydroxylation is 2. The molecule has 1 rings (SSSR count). The van der Waals surface area contributed by atoms with E-state index in [1.165, 1.54) is 6.07 Å². The van der Waals surface area contributed by atoms with E-state index in [1.807, 2.05) is 0 Å². The van der Waals surface area contributed by atoms with Gasteiger partial charge in [0.15, 0.2) is 0 Å². The average molecular weight is 211 g/mol. The minimum Gasteiger partial charge on any atom is -0.466 e. The Morgan fingerprint density at radius 1 is 1.53 bits per heavy atom. The van der Waals surface area contributed by atoms with Gasteiger partial charge in [0.05, 0.1) is 6.61 Å². The molecule has 0 bridgehead atoms. The Kier molecular flexibility index (Phi) is 4.21. The van der Waals surface area contributed by atoms with Crippen molar-refractivity contribution in [2.75, 3.05) is 6.61 Å². The van der Waals surface area contributed by atoms with Crippen LogP contribution in [-0.4, -0.2) is 17.6 Å². The molecule has 0 amide bonds. The number of carbonyl (C=O) groups is 1. The molecule has 0 aliphatic carbocycles. The van der Waals surface area contributed by atoms with E-state index in [1.54, 1.807) is 19.9 Å². The number of nitrogens with zero attached hydrogens (tertiary/aromatic N) is 1. The molecule has 0 saturated carbocycles. The molecule has 0 spiro atoms. The normalized spacial score (nSPS) is 10.1. The predicted octanol–water partition coefficient (Wildman–Crippen LogP) is 2.02. The van der Waals surface area contributed by atoms with Crippen LogP contribution in [0.4, 0.5) is 4.39 Å². The van der Waals surface area contributed by atoms with Crippen LogP contribution >= 0.6 is 0 Å². The molecule has 0 radical (unpaired) electrons. The van der Waals surface area contributed by atoms with Crippen LogP contribution in [0.1, 0.15) is 24.6 Å². The minimum absolute atomic E-state index is 0.235. The summed E-state index contributed by atoms with van der Waals surface area (Å²) in [5.74, 6) is -0.728. The van der Waals surface area contributed by atoms with Gasteiger partial charge in [0.1, 0.15) is 0 Å². The highest BCUT2D eigenvalue weighted by atomic mass is 19.1. The van der Waals surface area contributed by atoms with Crippen LogP contribution in [0.3, 0.4) is 0 Å². The molecule has 3 nitrogen and oxygen atoms in total. The van der Waals surface area contributed by atoms with Crippen molar-refractivity contribution in [1.29, 1.82) is 0 Å². The molecule has 0 saturated heterocycles. The van der Waals surface area contributed by atoms with Crippen molar-refractivity contribution in [3.8, 4) is 0 Å². The van der Waals surface area contributed by atoms with Gasteiger partial charge in [0.25, 0.3) is 0 Å². The van der Waals surface area contributed by atoms with Crippen molar-refractivity contribution >= 4 is 5.97 Å². The molecule has 82 valence electrons. The molecule has 0 N–H and O–H groups in total. The van der Waals surface area contributed by atoms with Crippen LogP contribution in [-0.2, 0) is 16.0 Å². The fraction of sp³-hybridized carbons (Fsp3) is 0.455. The van der Waals surface area contributed by atoms with Crippen molar-refractivity contribution in [3.63, 3.8) is 0 Å². The highest BCUT2D eigenvalue weighted by molar-refractivity contribution is 5.69. The summed E-state index contributed by atoms with van der Waals surface area (Å²) in [7, 11) is 0. The average Bonchev–Trinajstić information content (AvgIpc) is 2.17. The highest BCUT2D eigenvalue weighted by Gasteiger charge is 2.06. The third-order valence-corrected chi connectivity index (χ3v) is 2.07. The van der Waals surface area contributed by atoms with Crippen LogP contribution in [0.15, 0.2) is 12.1 Å². The lowest BCUT2D eigenvalue weighted by atomic mass is 10.1. The van der Waals surface area contributed by atoms with Gasteiger partial charge in [-0.2, -0.15) is 4.39 Å². The number of pyridine rings is 1. The molecule has 0 atom stereocenters. The van der Waals surface area contributed by atoms with Crippen molar-refractivity contribution in [1.82, 2.24) is 4.98 Å². The quantitative estimate of drug-likeness (QED) is 0.565. The molecule has 1 aromatic rings. The van der Waals surface area contributed by atoms with Gasteiger partial charge in [0, 0.05) is 12.1 Å². The Morgan fingerprint density at radius 2 is 2.27 bits per heavy atom. The number of aromatic nitrogens is 1. The molecule has 0 aliphatic rings. The second-order valence-corrected chi connectivity index (χ2v) is 3.18. The second-order valence-electron chi connectivity index (χ2n) is 3.18. The summed E-state index contributed by atoms with van der Waals surface area (Å²) in [6.07, 6.45) is 0.847. The maximum Gasteiger partial charge on any atom is 0.306 e. The van der Waals surface area contributed by atoms with Crippen molar-refractivity contribution in [3.05, 3.63) is 29.3 Å². The second kappa shape index (κ2) is 5.44. The number of hydrogen-bond donors (Lipinski definition) is 0. The molecule has 1 heterocycles. The summed E-state index contributed by atoms with van der Waals surface area (Å²) in [5.41, 5.74) is 1.50. The number of esters is 1. The lowest BCUT2D eigenvalue weighted by Gasteiger charge is -2.04. The molecule has 4 heteroatoms. The molecule has 0 fully saturated rings. The molecule has 0 aliphatic heterocycles. The van der Waals surface area contributed by atoms with Crippen LogP contribution in [0.25, 0.3) is 0 Å². The van der Waals surface area contributed by atoms with Gasteiger partial charge in [-0.15, -0.1) is 0 Å². The minimum atomic E-state index is -0.493. The van der Waals surface area contributed by atoms with Crippen LogP contribution in [0.5, 0.6) is 0 Å². The first-order valence-electron chi connectivity index (χ1n) is 4.91. The highest BCUT2D eigenvalue weighted by Crippen LogP contribution is 2.09. The lowest BCUT2D eigenvalue weighted by molar-refractivity contribution is -0.143. The van der Waals surface area contributed by atoms with Crippen molar-refractivity contribution < 1.29 is 13.9 Å². The first-order chi connectivity index (χ1) is 7.13. The Bertz CT molecular complexity index is 352. The largest absolute Gasteiger partial charge is 0.466 e. The molecule has 0 aromatic carbocycles. The monoisotopic (exact) mass is 211 g/mol. The Labute approximate surface area is 88.3 Å². The first kappa shape index (κ1) is 11.6.